The third-order valence-electron chi connectivity index (χ3n) is 4.28. The van der Waals surface area contributed by atoms with Gasteiger partial charge in [0.2, 0.25) is 0 Å². The van der Waals surface area contributed by atoms with E-state index in [4.69, 9.17) is 14.2 Å². The minimum Gasteiger partial charge on any atom is -0.497 e. The molecule has 0 radical (unpaired) electrons. The largest absolute Gasteiger partial charge is 0.497 e. The van der Waals surface area contributed by atoms with Crippen LogP contribution in [0.4, 0.5) is 0 Å². The molecule has 7 heteroatoms. The van der Waals surface area contributed by atoms with E-state index in [-0.39, 0.29) is 24.0 Å². The van der Waals surface area contributed by atoms with E-state index in [2.05, 4.69) is 28.3 Å². The lowest BCUT2D eigenvalue weighted by Gasteiger charge is -2.16. The summed E-state index contributed by atoms with van der Waals surface area (Å²) in [4.78, 5) is 4.28. The first-order valence-electron chi connectivity index (χ1n) is 9.07. The van der Waals surface area contributed by atoms with Crippen LogP contribution in [0.5, 0.6) is 17.2 Å². The van der Waals surface area contributed by atoms with Gasteiger partial charge in [-0.1, -0.05) is 18.2 Å². The highest BCUT2D eigenvalue weighted by atomic mass is 127. The summed E-state index contributed by atoms with van der Waals surface area (Å²) in [6.45, 7) is 5.09. The fraction of sp³-hybridized carbons (Fsp3) is 0.318. The summed E-state index contributed by atoms with van der Waals surface area (Å²) in [6, 6.07) is 12.0. The van der Waals surface area contributed by atoms with Gasteiger partial charge in [-0.3, -0.25) is 4.99 Å². The first kappa shape index (κ1) is 24.6. The summed E-state index contributed by atoms with van der Waals surface area (Å²) in [5.74, 6) is 3.01. The van der Waals surface area contributed by atoms with Gasteiger partial charge in [0.15, 0.2) is 17.5 Å². The molecule has 29 heavy (non-hydrogen) atoms. The number of nitrogens with one attached hydrogen (secondary N) is 2. The molecule has 0 saturated carbocycles. The molecule has 0 unspecified atom stereocenters. The van der Waals surface area contributed by atoms with Gasteiger partial charge in [0.1, 0.15) is 5.75 Å². The van der Waals surface area contributed by atoms with Crippen molar-refractivity contribution in [3.63, 3.8) is 0 Å². The monoisotopic (exact) mass is 511 g/mol. The van der Waals surface area contributed by atoms with E-state index < -0.39 is 0 Å². The number of allylic oxidation sites excluding steroid dienone is 1. The number of guanidine groups is 1. The van der Waals surface area contributed by atoms with Crippen molar-refractivity contribution >= 4 is 29.9 Å². The summed E-state index contributed by atoms with van der Waals surface area (Å²) in [6.07, 6.45) is 2.56. The number of methoxy groups -OCH3 is 3. The van der Waals surface area contributed by atoms with Crippen LogP contribution in [-0.4, -0.2) is 34.3 Å². The van der Waals surface area contributed by atoms with Crippen LogP contribution in [0, 0.1) is 0 Å². The molecule has 0 fully saturated rings. The summed E-state index contributed by atoms with van der Waals surface area (Å²) in [5, 5.41) is 6.64. The van der Waals surface area contributed by atoms with Crippen LogP contribution < -0.4 is 24.8 Å². The van der Waals surface area contributed by atoms with Crippen LogP contribution >= 0.6 is 24.0 Å². The third kappa shape index (κ3) is 7.16. The Morgan fingerprint density at radius 2 is 1.62 bits per heavy atom. The van der Waals surface area contributed by atoms with E-state index in [0.717, 1.165) is 34.1 Å². The Bertz CT molecular complexity index is 808. The number of hydrogen-bond acceptors (Lipinski definition) is 4. The Kier molecular flexibility index (Phi) is 11.0. The zero-order valence-corrected chi connectivity index (χ0v) is 19.8. The summed E-state index contributed by atoms with van der Waals surface area (Å²) < 4.78 is 16.1. The van der Waals surface area contributed by atoms with E-state index in [1.165, 1.54) is 0 Å². The van der Waals surface area contributed by atoms with Crippen LogP contribution in [-0.2, 0) is 19.5 Å². The van der Waals surface area contributed by atoms with Crippen LogP contribution in [0.25, 0.3) is 0 Å². The smallest absolute Gasteiger partial charge is 0.191 e. The average Bonchev–Trinajstić information content (AvgIpc) is 2.74. The molecule has 0 aliphatic heterocycles. The number of benzene rings is 2. The second kappa shape index (κ2) is 12.9. The van der Waals surface area contributed by atoms with Crippen molar-refractivity contribution in [2.24, 2.45) is 4.99 Å². The molecule has 0 bridgehead atoms. The van der Waals surface area contributed by atoms with Crippen molar-refractivity contribution in [3.05, 3.63) is 65.7 Å². The van der Waals surface area contributed by atoms with Gasteiger partial charge in [0, 0.05) is 25.7 Å². The van der Waals surface area contributed by atoms with Crippen molar-refractivity contribution < 1.29 is 14.2 Å². The molecule has 0 atom stereocenters. The maximum Gasteiger partial charge on any atom is 0.191 e. The molecule has 0 heterocycles. The summed E-state index contributed by atoms with van der Waals surface area (Å²) in [5.41, 5.74) is 3.25. The van der Waals surface area contributed by atoms with Crippen LogP contribution in [0.2, 0.25) is 0 Å². The predicted octanol–water partition coefficient (Wildman–Crippen LogP) is 3.92. The minimum absolute atomic E-state index is 0. The molecular formula is C22H30IN3O3. The lowest BCUT2D eigenvalue weighted by atomic mass is 10.1. The maximum absolute atomic E-state index is 5.49. The van der Waals surface area contributed by atoms with Crippen molar-refractivity contribution in [3.8, 4) is 17.2 Å². The molecule has 0 spiro atoms. The average molecular weight is 511 g/mol. The number of halogens is 1. The Morgan fingerprint density at radius 1 is 0.966 bits per heavy atom. The SMILES string of the molecule is C=CCc1cc(CNC(=NC)NCc2ccc(OC)cc2)cc(OC)c1OC.I. The second-order valence-electron chi connectivity index (χ2n) is 6.11. The molecule has 6 nitrogen and oxygen atoms in total. The summed E-state index contributed by atoms with van der Waals surface area (Å²) >= 11 is 0. The fourth-order valence-electron chi connectivity index (χ4n) is 2.85. The van der Waals surface area contributed by atoms with E-state index in [9.17, 15) is 0 Å². The number of rotatable bonds is 9. The maximum atomic E-state index is 5.49. The Hall–Kier alpha value is -2.42. The van der Waals surface area contributed by atoms with Crippen LogP contribution in [0.3, 0.4) is 0 Å². The lowest BCUT2D eigenvalue weighted by Crippen LogP contribution is -2.36. The van der Waals surface area contributed by atoms with E-state index in [1.54, 1.807) is 28.4 Å². The summed E-state index contributed by atoms with van der Waals surface area (Å²) in [7, 11) is 6.70. The van der Waals surface area contributed by atoms with Gasteiger partial charge < -0.3 is 24.8 Å². The first-order chi connectivity index (χ1) is 13.6. The van der Waals surface area contributed by atoms with Crippen LogP contribution in [0.1, 0.15) is 16.7 Å². The number of hydrogen-bond donors (Lipinski definition) is 2. The van der Waals surface area contributed by atoms with Crippen molar-refractivity contribution in [2.75, 3.05) is 28.4 Å². The Morgan fingerprint density at radius 3 is 2.14 bits per heavy atom. The minimum atomic E-state index is 0. The van der Waals surface area contributed by atoms with Gasteiger partial charge in [-0.25, -0.2) is 0 Å². The number of ether oxygens (including phenoxy) is 3. The van der Waals surface area contributed by atoms with E-state index in [0.29, 0.717) is 25.3 Å². The highest BCUT2D eigenvalue weighted by Crippen LogP contribution is 2.33. The highest BCUT2D eigenvalue weighted by Gasteiger charge is 2.12. The van der Waals surface area contributed by atoms with Gasteiger partial charge in [0.05, 0.1) is 21.3 Å². The van der Waals surface area contributed by atoms with Gasteiger partial charge in [-0.15, -0.1) is 30.6 Å². The zero-order chi connectivity index (χ0) is 20.4. The topological polar surface area (TPSA) is 64.1 Å². The van der Waals surface area contributed by atoms with Gasteiger partial charge in [-0.2, -0.15) is 0 Å². The molecule has 0 amide bonds. The number of nitrogens with zero attached hydrogens (tertiary/aromatic N) is 1. The molecular weight excluding hydrogens is 481 g/mol. The molecule has 2 N–H and O–H groups in total. The molecule has 2 aromatic rings. The van der Waals surface area contributed by atoms with Gasteiger partial charge in [0.25, 0.3) is 0 Å². The van der Waals surface area contributed by atoms with Crippen molar-refractivity contribution in [2.45, 2.75) is 19.5 Å². The second-order valence-corrected chi connectivity index (χ2v) is 6.11. The first-order valence-corrected chi connectivity index (χ1v) is 9.07. The predicted molar refractivity (Wildman–Crippen MR) is 129 cm³/mol. The van der Waals surface area contributed by atoms with Crippen LogP contribution in [0.15, 0.2) is 54.0 Å². The molecule has 0 aliphatic rings. The normalized spacial score (nSPS) is 10.6. The lowest BCUT2D eigenvalue weighted by molar-refractivity contribution is 0.352. The Balaban J connectivity index is 0.00000420. The zero-order valence-electron chi connectivity index (χ0n) is 17.5. The van der Waals surface area contributed by atoms with Crippen molar-refractivity contribution in [1.29, 1.82) is 0 Å². The molecule has 158 valence electrons. The number of aliphatic imine (C=N–C) groups is 1. The third-order valence-corrected chi connectivity index (χ3v) is 4.28. The van der Waals surface area contributed by atoms with E-state index >= 15 is 0 Å². The van der Waals surface area contributed by atoms with Gasteiger partial charge in [-0.05, 0) is 41.8 Å². The molecule has 2 aromatic carbocycles. The molecule has 0 aliphatic carbocycles. The van der Waals surface area contributed by atoms with E-state index in [1.807, 2.05) is 36.4 Å². The molecule has 0 aromatic heterocycles. The Labute approximate surface area is 190 Å². The molecule has 2 rings (SSSR count). The van der Waals surface area contributed by atoms with Crippen molar-refractivity contribution in [1.82, 2.24) is 10.6 Å². The van der Waals surface area contributed by atoms with Gasteiger partial charge >= 0.3 is 0 Å². The highest BCUT2D eigenvalue weighted by molar-refractivity contribution is 14.0. The molecule has 0 saturated heterocycles. The fourth-order valence-corrected chi connectivity index (χ4v) is 2.85. The quantitative estimate of drug-likeness (QED) is 0.231. The standard InChI is InChI=1S/C22H29N3O3.HI/c1-6-7-18-12-17(13-20(27-4)21(18)28-5)15-25-22(23-2)24-14-16-8-10-19(26-3)11-9-16;/h6,8-13H,1,7,14-15H2,2-5H3,(H2,23,24,25);1H.